The Morgan fingerprint density at radius 2 is 1.95 bits per heavy atom. The Morgan fingerprint density at radius 1 is 1.19 bits per heavy atom. The maximum absolute atomic E-state index is 12.2. The van der Waals surface area contributed by atoms with Gasteiger partial charge < -0.3 is 14.6 Å². The minimum atomic E-state index is -0.123. The molecular formula is C16H15N3O2. The second kappa shape index (κ2) is 5.66. The summed E-state index contributed by atoms with van der Waals surface area (Å²) >= 11 is 0. The van der Waals surface area contributed by atoms with Crippen molar-refractivity contribution in [2.24, 2.45) is 0 Å². The number of methoxy groups -OCH3 is 1. The number of benzene rings is 2. The monoisotopic (exact) mass is 281 g/mol. The van der Waals surface area contributed by atoms with E-state index in [0.29, 0.717) is 11.4 Å². The van der Waals surface area contributed by atoms with Gasteiger partial charge in [-0.1, -0.05) is 24.3 Å². The van der Waals surface area contributed by atoms with Gasteiger partial charge in [0.05, 0.1) is 30.2 Å². The summed E-state index contributed by atoms with van der Waals surface area (Å²) in [5.41, 5.74) is 2.48. The van der Waals surface area contributed by atoms with Crippen molar-refractivity contribution in [1.29, 1.82) is 0 Å². The minimum absolute atomic E-state index is 0.123. The SMILES string of the molecule is COc1ccccc1NC(=O)Cn1cnc2ccccc21. The van der Waals surface area contributed by atoms with Crippen molar-refractivity contribution in [2.45, 2.75) is 6.54 Å². The number of hydrogen-bond acceptors (Lipinski definition) is 3. The number of fused-ring (bicyclic) bond motifs is 1. The largest absolute Gasteiger partial charge is 0.495 e. The molecule has 106 valence electrons. The number of ether oxygens (including phenoxy) is 1. The molecule has 0 aliphatic carbocycles. The molecule has 3 aromatic rings. The number of aromatic nitrogens is 2. The summed E-state index contributed by atoms with van der Waals surface area (Å²) in [6, 6.07) is 15.0. The molecule has 5 heteroatoms. The van der Waals surface area contributed by atoms with Gasteiger partial charge in [-0.05, 0) is 24.3 Å². The van der Waals surface area contributed by atoms with E-state index < -0.39 is 0 Å². The van der Waals surface area contributed by atoms with Crippen molar-refractivity contribution >= 4 is 22.6 Å². The van der Waals surface area contributed by atoms with Crippen molar-refractivity contribution in [3.05, 3.63) is 54.9 Å². The lowest BCUT2D eigenvalue weighted by molar-refractivity contribution is -0.116. The number of carbonyl (C=O) groups is 1. The van der Waals surface area contributed by atoms with Gasteiger partial charge in [0.25, 0.3) is 0 Å². The number of imidazole rings is 1. The molecule has 0 radical (unpaired) electrons. The summed E-state index contributed by atoms with van der Waals surface area (Å²) in [6.07, 6.45) is 1.67. The van der Waals surface area contributed by atoms with Gasteiger partial charge in [0.2, 0.25) is 5.91 Å². The van der Waals surface area contributed by atoms with E-state index in [9.17, 15) is 4.79 Å². The van der Waals surface area contributed by atoms with E-state index in [1.54, 1.807) is 13.4 Å². The van der Waals surface area contributed by atoms with E-state index in [4.69, 9.17) is 4.74 Å². The summed E-state index contributed by atoms with van der Waals surface area (Å²) in [7, 11) is 1.58. The molecule has 2 aromatic carbocycles. The molecular weight excluding hydrogens is 266 g/mol. The van der Waals surface area contributed by atoms with E-state index in [1.165, 1.54) is 0 Å². The summed E-state index contributed by atoms with van der Waals surface area (Å²) in [5, 5.41) is 2.85. The van der Waals surface area contributed by atoms with E-state index in [2.05, 4.69) is 10.3 Å². The van der Waals surface area contributed by atoms with E-state index in [-0.39, 0.29) is 12.5 Å². The molecule has 0 bridgehead atoms. The third-order valence-electron chi connectivity index (χ3n) is 3.22. The Kier molecular flexibility index (Phi) is 3.55. The lowest BCUT2D eigenvalue weighted by Crippen LogP contribution is -2.18. The Balaban J connectivity index is 1.77. The molecule has 1 N–H and O–H groups in total. The topological polar surface area (TPSA) is 56.1 Å². The molecule has 5 nitrogen and oxygen atoms in total. The second-order valence-electron chi connectivity index (χ2n) is 4.61. The van der Waals surface area contributed by atoms with Crippen LogP contribution in [0.1, 0.15) is 0 Å². The molecule has 0 unspecified atom stereocenters. The lowest BCUT2D eigenvalue weighted by atomic mass is 10.3. The van der Waals surface area contributed by atoms with Gasteiger partial charge in [0.15, 0.2) is 0 Å². The molecule has 0 saturated heterocycles. The molecule has 1 aromatic heterocycles. The Hall–Kier alpha value is -2.82. The fourth-order valence-electron chi connectivity index (χ4n) is 2.23. The van der Waals surface area contributed by atoms with Crippen LogP contribution in [-0.2, 0) is 11.3 Å². The number of anilines is 1. The van der Waals surface area contributed by atoms with Crippen LogP contribution < -0.4 is 10.1 Å². The van der Waals surface area contributed by atoms with Gasteiger partial charge in [0, 0.05) is 0 Å². The van der Waals surface area contributed by atoms with Crippen LogP contribution in [0.5, 0.6) is 5.75 Å². The van der Waals surface area contributed by atoms with Crippen LogP contribution in [-0.4, -0.2) is 22.6 Å². The van der Waals surface area contributed by atoms with Crippen LogP contribution >= 0.6 is 0 Å². The van der Waals surface area contributed by atoms with E-state index in [0.717, 1.165) is 11.0 Å². The first-order chi connectivity index (χ1) is 10.3. The van der Waals surface area contributed by atoms with Gasteiger partial charge in [0.1, 0.15) is 12.3 Å². The first-order valence-electron chi connectivity index (χ1n) is 6.60. The summed E-state index contributed by atoms with van der Waals surface area (Å²) < 4.78 is 7.04. The first-order valence-corrected chi connectivity index (χ1v) is 6.60. The number of nitrogens with zero attached hydrogens (tertiary/aromatic N) is 2. The van der Waals surface area contributed by atoms with Gasteiger partial charge in [-0.3, -0.25) is 4.79 Å². The molecule has 21 heavy (non-hydrogen) atoms. The third kappa shape index (κ3) is 2.72. The van der Waals surface area contributed by atoms with Crippen LogP contribution in [0.15, 0.2) is 54.9 Å². The predicted molar refractivity (Wildman–Crippen MR) is 81.4 cm³/mol. The lowest BCUT2D eigenvalue weighted by Gasteiger charge is -2.10. The number of rotatable bonds is 4. The maximum Gasteiger partial charge on any atom is 0.244 e. The number of carbonyl (C=O) groups excluding carboxylic acids is 1. The Labute approximate surface area is 122 Å². The van der Waals surface area contributed by atoms with Crippen LogP contribution in [0.2, 0.25) is 0 Å². The van der Waals surface area contributed by atoms with Crippen molar-refractivity contribution < 1.29 is 9.53 Å². The molecule has 0 fully saturated rings. The van der Waals surface area contributed by atoms with Crippen LogP contribution in [0.25, 0.3) is 11.0 Å². The van der Waals surface area contributed by atoms with Crippen molar-refractivity contribution in [1.82, 2.24) is 9.55 Å². The smallest absolute Gasteiger partial charge is 0.244 e. The van der Waals surface area contributed by atoms with Crippen LogP contribution in [0.4, 0.5) is 5.69 Å². The third-order valence-corrected chi connectivity index (χ3v) is 3.22. The summed E-state index contributed by atoms with van der Waals surface area (Å²) in [6.45, 7) is 0.207. The van der Waals surface area contributed by atoms with Gasteiger partial charge in [-0.25, -0.2) is 4.98 Å². The highest BCUT2D eigenvalue weighted by Crippen LogP contribution is 2.23. The van der Waals surface area contributed by atoms with Gasteiger partial charge in [-0.2, -0.15) is 0 Å². The molecule has 0 saturated carbocycles. The van der Waals surface area contributed by atoms with Crippen molar-refractivity contribution in [3.8, 4) is 5.75 Å². The number of hydrogen-bond donors (Lipinski definition) is 1. The second-order valence-corrected chi connectivity index (χ2v) is 4.61. The van der Waals surface area contributed by atoms with E-state index >= 15 is 0 Å². The van der Waals surface area contributed by atoms with Crippen molar-refractivity contribution in [3.63, 3.8) is 0 Å². The summed E-state index contributed by atoms with van der Waals surface area (Å²) in [5.74, 6) is 0.518. The molecule has 0 spiro atoms. The fraction of sp³-hybridized carbons (Fsp3) is 0.125. The number of nitrogens with one attached hydrogen (secondary N) is 1. The highest BCUT2D eigenvalue weighted by molar-refractivity contribution is 5.93. The quantitative estimate of drug-likeness (QED) is 0.800. The standard InChI is InChI=1S/C16H15N3O2/c1-21-15-9-5-3-7-13(15)18-16(20)10-19-11-17-12-6-2-4-8-14(12)19/h2-9,11H,10H2,1H3,(H,18,20). The fourth-order valence-corrected chi connectivity index (χ4v) is 2.23. The Bertz CT molecular complexity index is 780. The zero-order chi connectivity index (χ0) is 14.7. The molecule has 0 atom stereocenters. The zero-order valence-electron chi connectivity index (χ0n) is 11.6. The highest BCUT2D eigenvalue weighted by Gasteiger charge is 2.09. The van der Waals surface area contributed by atoms with Crippen molar-refractivity contribution in [2.75, 3.05) is 12.4 Å². The van der Waals surface area contributed by atoms with Crippen LogP contribution in [0.3, 0.4) is 0 Å². The minimum Gasteiger partial charge on any atom is -0.495 e. The van der Waals surface area contributed by atoms with Crippen LogP contribution in [0, 0.1) is 0 Å². The predicted octanol–water partition coefficient (Wildman–Crippen LogP) is 2.68. The van der Waals surface area contributed by atoms with Gasteiger partial charge in [-0.15, -0.1) is 0 Å². The average Bonchev–Trinajstić information content (AvgIpc) is 2.91. The summed E-state index contributed by atoms with van der Waals surface area (Å²) in [4.78, 5) is 16.4. The average molecular weight is 281 g/mol. The molecule has 0 aliphatic heterocycles. The molecule has 1 heterocycles. The zero-order valence-corrected chi connectivity index (χ0v) is 11.6. The highest BCUT2D eigenvalue weighted by atomic mass is 16.5. The molecule has 1 amide bonds. The maximum atomic E-state index is 12.2. The first kappa shape index (κ1) is 13.2. The van der Waals surface area contributed by atoms with E-state index in [1.807, 2.05) is 53.1 Å². The van der Waals surface area contributed by atoms with Gasteiger partial charge >= 0.3 is 0 Å². The normalized spacial score (nSPS) is 10.5. The number of amides is 1. The number of para-hydroxylation sites is 4. The molecule has 3 rings (SSSR count). The molecule has 0 aliphatic rings. The Morgan fingerprint density at radius 3 is 2.81 bits per heavy atom.